The van der Waals surface area contributed by atoms with Gasteiger partial charge >= 0.3 is 11.9 Å². The zero-order valence-corrected chi connectivity index (χ0v) is 39.2. The number of aromatic nitrogens is 3. The predicted molar refractivity (Wildman–Crippen MR) is 261 cm³/mol. The number of carboxylic acids is 2. The normalized spacial score (nSPS) is 14.0. The number of imidazole rings is 1. The Balaban J connectivity index is 1.35. The summed E-state index contributed by atoms with van der Waals surface area (Å²) in [7, 11) is 0. The Kier molecular flexibility index (Phi) is 20.5. The fourth-order valence-electron chi connectivity index (χ4n) is 7.76. The number of rotatable bonds is 29. The molecule has 0 aliphatic carbocycles. The summed E-state index contributed by atoms with van der Waals surface area (Å²) < 4.78 is 0. The van der Waals surface area contributed by atoms with E-state index >= 15 is 0 Å². The van der Waals surface area contributed by atoms with Crippen molar-refractivity contribution < 1.29 is 53.4 Å². The summed E-state index contributed by atoms with van der Waals surface area (Å²) in [6, 6.07) is 13.9. The number of fused-ring (bicyclic) bond motifs is 1. The molecule has 0 fully saturated rings. The van der Waals surface area contributed by atoms with Gasteiger partial charge in [-0.25, -0.2) is 9.78 Å². The number of para-hydroxylation sites is 1. The lowest BCUT2D eigenvalue weighted by Gasteiger charge is -2.27. The van der Waals surface area contributed by atoms with Gasteiger partial charge in [-0.2, -0.15) is 0 Å². The second kappa shape index (κ2) is 27.1. The molecule has 7 atom stereocenters. The Bertz CT molecular complexity index is 2650. The number of H-pyrrole nitrogens is 2. The molecule has 0 bridgehead atoms. The third-order valence-electron chi connectivity index (χ3n) is 11.5. The number of nitrogens with one attached hydrogen (secondary N) is 8. The van der Waals surface area contributed by atoms with Crippen molar-refractivity contribution >= 4 is 64.2 Å². The SMILES string of the molecule is NCCCC[C@H](NC(=O)[C@H](CC(=O)O)NC(=O)[C@H](Cc1ccccc1)NC(=O)[C@@H](N)Cc1c[nH]c2ccccc12)C(=O)N[C@@H](Cc1ccccc1)C(=O)N[C@@H](CC(N)=O)C(=O)N[C@@H](Cc1c[nH]cn1)C(=O)O. The molecular weight excluding hydrogens is 933 g/mol. The predicted octanol–water partition coefficient (Wildman–Crippen LogP) is -1.04. The first-order valence-corrected chi connectivity index (χ1v) is 23.1. The molecule has 0 aliphatic rings. The number of aromatic amines is 2. The van der Waals surface area contributed by atoms with Crippen molar-refractivity contribution in [1.82, 2.24) is 46.9 Å². The zero-order chi connectivity index (χ0) is 52.2. The highest BCUT2D eigenvalue weighted by molar-refractivity contribution is 5.99. The number of carbonyl (C=O) groups is 9. The highest BCUT2D eigenvalue weighted by atomic mass is 16.4. The fourth-order valence-corrected chi connectivity index (χ4v) is 7.76. The second-order valence-electron chi connectivity index (χ2n) is 17.1. The molecule has 0 unspecified atom stereocenters. The molecule has 0 radical (unpaired) electrons. The molecule has 5 rings (SSSR count). The van der Waals surface area contributed by atoms with Crippen LogP contribution in [-0.4, -0.2) is 127 Å². The summed E-state index contributed by atoms with van der Waals surface area (Å²) in [5, 5.41) is 35.5. The van der Waals surface area contributed by atoms with Crippen LogP contribution in [-0.2, 0) is 68.8 Å². The molecule has 2 heterocycles. The first kappa shape index (κ1) is 54.5. The third-order valence-corrected chi connectivity index (χ3v) is 11.5. The summed E-state index contributed by atoms with van der Waals surface area (Å²) in [5.74, 6) is -9.68. The molecule has 72 heavy (non-hydrogen) atoms. The second-order valence-corrected chi connectivity index (χ2v) is 17.1. The van der Waals surface area contributed by atoms with Gasteiger partial charge < -0.3 is 69.3 Å². The van der Waals surface area contributed by atoms with Crippen LogP contribution < -0.4 is 49.1 Å². The Morgan fingerprint density at radius 2 is 1.06 bits per heavy atom. The van der Waals surface area contributed by atoms with E-state index in [1.165, 1.54) is 12.5 Å². The van der Waals surface area contributed by atoms with Crippen LogP contribution in [0, 0.1) is 0 Å². The van der Waals surface area contributed by atoms with Crippen LogP contribution in [0.4, 0.5) is 0 Å². The van der Waals surface area contributed by atoms with E-state index in [2.05, 4.69) is 46.9 Å². The monoisotopic (exact) mass is 992 g/mol. The number of aliphatic carboxylic acids is 2. The smallest absolute Gasteiger partial charge is 0.326 e. The fraction of sp³-hybridized carbons (Fsp3) is 0.347. The Hall–Kier alpha value is -8.44. The summed E-state index contributed by atoms with van der Waals surface area (Å²) in [5.41, 5.74) is 20.6. The van der Waals surface area contributed by atoms with E-state index in [-0.39, 0.29) is 45.1 Å². The Labute approximate surface area is 413 Å². The number of primary amides is 1. The van der Waals surface area contributed by atoms with Gasteiger partial charge in [0, 0.05) is 42.6 Å². The van der Waals surface area contributed by atoms with Gasteiger partial charge in [-0.3, -0.25) is 38.4 Å². The van der Waals surface area contributed by atoms with Crippen LogP contribution in [0.3, 0.4) is 0 Å². The topological polar surface area (TPSA) is 389 Å². The number of unbranched alkanes of at least 4 members (excludes halogenated alkanes) is 1. The number of carbonyl (C=O) groups excluding carboxylic acids is 7. The summed E-state index contributed by atoms with van der Waals surface area (Å²) in [6.45, 7) is 0.201. The number of hydrogen-bond donors (Lipinski definition) is 13. The van der Waals surface area contributed by atoms with Gasteiger partial charge in [0.1, 0.15) is 36.3 Å². The number of nitrogens with two attached hydrogens (primary N) is 3. The van der Waals surface area contributed by atoms with E-state index in [1.807, 2.05) is 24.3 Å². The van der Waals surface area contributed by atoms with Crippen LogP contribution in [0.2, 0.25) is 0 Å². The Morgan fingerprint density at radius 1 is 0.556 bits per heavy atom. The number of nitrogens with zero attached hydrogens (tertiary/aromatic N) is 1. The molecule has 23 nitrogen and oxygen atoms in total. The molecule has 7 amide bonds. The third kappa shape index (κ3) is 16.9. The standard InChI is InChI=1S/C49H60N12O11/c50-18-10-9-17-35(44(66)58-37(20-29-13-5-2-6-14-29)46(68)59-38(23-41(52)62)47(69)61-40(49(71)72)22-31-26-53-27-55-31)56-48(70)39(24-42(63)64)60-45(67)36(19-28-11-3-1-4-12-28)57-43(65)33(51)21-30-25-54-34-16-8-7-15-32(30)34/h1-8,11-16,25-27,33,35-40,54H,9-10,17-24,50-51H2,(H2,52,62)(H,53,55)(H,56,70)(H,57,65)(H,58,66)(H,59,68)(H,60,67)(H,61,69)(H,63,64)(H,71,72)/t33-,35-,36-,37-,38-,39-,40-/m0/s1. The van der Waals surface area contributed by atoms with Gasteiger partial charge in [-0.05, 0) is 55.0 Å². The molecule has 0 saturated carbocycles. The van der Waals surface area contributed by atoms with Gasteiger partial charge in [0.05, 0.1) is 30.9 Å². The molecule has 3 aromatic carbocycles. The maximum absolute atomic E-state index is 14.3. The summed E-state index contributed by atoms with van der Waals surface area (Å²) >= 11 is 0. The van der Waals surface area contributed by atoms with Crippen molar-refractivity contribution in [3.63, 3.8) is 0 Å². The van der Waals surface area contributed by atoms with Crippen molar-refractivity contribution in [2.75, 3.05) is 6.54 Å². The van der Waals surface area contributed by atoms with Gasteiger partial charge in [0.2, 0.25) is 41.4 Å². The highest BCUT2D eigenvalue weighted by Gasteiger charge is 2.35. The van der Waals surface area contributed by atoms with Gasteiger partial charge in [-0.1, -0.05) is 78.9 Å². The molecule has 382 valence electrons. The molecule has 0 spiro atoms. The maximum Gasteiger partial charge on any atom is 0.326 e. The average Bonchev–Trinajstić information content (AvgIpc) is 4.03. The number of benzene rings is 3. The lowest BCUT2D eigenvalue weighted by molar-refractivity contribution is -0.142. The van der Waals surface area contributed by atoms with E-state index in [1.54, 1.807) is 66.9 Å². The van der Waals surface area contributed by atoms with Crippen LogP contribution in [0.25, 0.3) is 10.9 Å². The van der Waals surface area contributed by atoms with E-state index in [9.17, 15) is 53.4 Å². The van der Waals surface area contributed by atoms with Crippen LogP contribution in [0.5, 0.6) is 0 Å². The van der Waals surface area contributed by atoms with E-state index < -0.39 is 108 Å². The average molecular weight is 993 g/mol. The van der Waals surface area contributed by atoms with Crippen LogP contribution in [0.15, 0.2) is 104 Å². The van der Waals surface area contributed by atoms with Crippen molar-refractivity contribution in [1.29, 1.82) is 0 Å². The van der Waals surface area contributed by atoms with Crippen molar-refractivity contribution in [2.45, 2.75) is 100 Å². The quantitative estimate of drug-likeness (QED) is 0.0255. The molecule has 23 heteroatoms. The zero-order valence-electron chi connectivity index (χ0n) is 39.2. The highest BCUT2D eigenvalue weighted by Crippen LogP contribution is 2.19. The largest absolute Gasteiger partial charge is 0.481 e. The van der Waals surface area contributed by atoms with Gasteiger partial charge in [0.25, 0.3) is 0 Å². The molecule has 0 saturated heterocycles. The van der Waals surface area contributed by atoms with Crippen molar-refractivity contribution in [3.05, 3.63) is 126 Å². The van der Waals surface area contributed by atoms with E-state index in [0.29, 0.717) is 23.2 Å². The van der Waals surface area contributed by atoms with E-state index in [4.69, 9.17) is 17.2 Å². The molecule has 2 aromatic heterocycles. The summed E-state index contributed by atoms with van der Waals surface area (Å²) in [4.78, 5) is 130. The first-order valence-electron chi connectivity index (χ1n) is 23.1. The molecule has 16 N–H and O–H groups in total. The molecule has 5 aromatic rings. The number of amides is 7. The minimum Gasteiger partial charge on any atom is -0.481 e. The lowest BCUT2D eigenvalue weighted by atomic mass is 10.0. The minimum absolute atomic E-state index is 0.0809. The number of carboxylic acid groups (broad SMARTS) is 2. The van der Waals surface area contributed by atoms with Crippen LogP contribution >= 0.6 is 0 Å². The number of hydrogen-bond acceptors (Lipinski definition) is 12. The van der Waals surface area contributed by atoms with Gasteiger partial charge in [-0.15, -0.1) is 0 Å². The van der Waals surface area contributed by atoms with Crippen LogP contribution in [0.1, 0.15) is 54.5 Å². The lowest BCUT2D eigenvalue weighted by Crippen LogP contribution is -2.60. The van der Waals surface area contributed by atoms with Crippen molar-refractivity contribution in [3.8, 4) is 0 Å². The molecular formula is C49H60N12O11. The first-order chi connectivity index (χ1) is 34.5. The van der Waals surface area contributed by atoms with Gasteiger partial charge in [0.15, 0.2) is 0 Å². The van der Waals surface area contributed by atoms with Crippen molar-refractivity contribution in [2.24, 2.45) is 17.2 Å². The Morgan fingerprint density at radius 3 is 1.60 bits per heavy atom. The van der Waals surface area contributed by atoms with E-state index in [0.717, 1.165) is 16.5 Å². The molecule has 0 aliphatic heterocycles. The maximum atomic E-state index is 14.3. The summed E-state index contributed by atoms with van der Waals surface area (Å²) in [6.07, 6.45) is 2.89. The minimum atomic E-state index is -1.80.